The van der Waals surface area contributed by atoms with Crippen LogP contribution in [0.4, 0.5) is 0 Å². The van der Waals surface area contributed by atoms with Crippen LogP contribution in [-0.2, 0) is 16.1 Å². The van der Waals surface area contributed by atoms with Crippen molar-refractivity contribution < 1.29 is 19.1 Å². The fourth-order valence-electron chi connectivity index (χ4n) is 5.23. The van der Waals surface area contributed by atoms with Crippen molar-refractivity contribution in [1.29, 1.82) is 5.41 Å². The minimum absolute atomic E-state index is 0.0118. The van der Waals surface area contributed by atoms with Crippen LogP contribution in [0.5, 0.6) is 11.5 Å². The maximum Gasteiger partial charge on any atom is 0.251 e. The highest BCUT2D eigenvalue weighted by Crippen LogP contribution is 2.42. The zero-order chi connectivity index (χ0) is 26.6. The number of likely N-dealkylation sites (tertiary alicyclic amines) is 1. The zero-order valence-electron chi connectivity index (χ0n) is 20.7. The van der Waals surface area contributed by atoms with Gasteiger partial charge in [-0.1, -0.05) is 18.2 Å². The highest BCUT2D eigenvalue weighted by atomic mass is 32.1. The average Bonchev–Trinajstić information content (AvgIpc) is 3.68. The lowest BCUT2D eigenvalue weighted by Crippen LogP contribution is -2.54. The number of amidine groups is 1. The van der Waals surface area contributed by atoms with E-state index in [0.29, 0.717) is 29.2 Å². The number of ether oxygens (including phenoxy) is 1. The Labute approximate surface area is 224 Å². The summed E-state index contributed by atoms with van der Waals surface area (Å²) in [4.78, 5) is 41.5. The summed E-state index contributed by atoms with van der Waals surface area (Å²) < 4.78 is 5.76. The second-order valence-corrected chi connectivity index (χ2v) is 10.5. The molecule has 196 valence electrons. The number of nitrogen functional groups attached to an aromatic ring is 1. The van der Waals surface area contributed by atoms with E-state index >= 15 is 0 Å². The quantitative estimate of drug-likeness (QED) is 0.248. The van der Waals surface area contributed by atoms with E-state index in [2.05, 4.69) is 10.6 Å². The zero-order valence-corrected chi connectivity index (χ0v) is 21.5. The number of thiophene rings is 1. The number of fused-ring (bicyclic) bond motifs is 2. The Balaban J connectivity index is 1.16. The first kappa shape index (κ1) is 25.5. The molecule has 5 N–H and O–H groups in total. The summed E-state index contributed by atoms with van der Waals surface area (Å²) in [7, 11) is 0. The molecule has 5 rings (SSSR count). The predicted octanol–water partition coefficient (Wildman–Crippen LogP) is 3.25. The summed E-state index contributed by atoms with van der Waals surface area (Å²) >= 11 is 1.42. The number of para-hydroxylation sites is 1. The molecule has 2 bridgehead atoms. The third-order valence-electron chi connectivity index (χ3n) is 7.04. The van der Waals surface area contributed by atoms with E-state index in [1.807, 2.05) is 30.3 Å². The molecule has 1 aliphatic carbocycles. The van der Waals surface area contributed by atoms with Crippen molar-refractivity contribution in [1.82, 2.24) is 15.5 Å². The molecule has 10 heteroatoms. The second kappa shape index (κ2) is 11.1. The number of carbonyl (C=O) groups is 3. The first-order chi connectivity index (χ1) is 18.4. The normalized spacial score (nSPS) is 19.7. The lowest BCUT2D eigenvalue weighted by atomic mass is 9.97. The van der Waals surface area contributed by atoms with Gasteiger partial charge in [0.15, 0.2) is 0 Å². The number of nitrogens with two attached hydrogens (primary N) is 1. The average molecular weight is 532 g/mol. The van der Waals surface area contributed by atoms with Crippen LogP contribution in [0.3, 0.4) is 0 Å². The molecule has 0 radical (unpaired) electrons. The van der Waals surface area contributed by atoms with Gasteiger partial charge >= 0.3 is 0 Å². The Morgan fingerprint density at radius 3 is 2.45 bits per heavy atom. The molecule has 0 spiro atoms. The van der Waals surface area contributed by atoms with E-state index in [0.717, 1.165) is 24.1 Å². The van der Waals surface area contributed by atoms with Gasteiger partial charge < -0.3 is 26.0 Å². The summed E-state index contributed by atoms with van der Waals surface area (Å²) in [5.74, 6) is 0.591. The van der Waals surface area contributed by atoms with Crippen LogP contribution in [0.25, 0.3) is 0 Å². The molecule has 2 fully saturated rings. The standard InChI is InChI=1S/C28H29N5O4S/c29-26(30)19-13-23(38-16-19)14-31-28(36)25-18-6-9-20(12-18)33(25)24(34)15-32-27(35)17-7-10-22(11-8-17)37-21-4-2-1-3-5-21/h1-5,7-8,10-11,13,16,18,20,25H,6,9,12,14-15H2,(H3,29,30)(H,31,36)(H,32,35)/t18?,20?,25-/m0/s1. The highest BCUT2D eigenvalue weighted by molar-refractivity contribution is 7.10. The van der Waals surface area contributed by atoms with E-state index < -0.39 is 6.04 Å². The van der Waals surface area contributed by atoms with Crippen molar-refractivity contribution in [2.75, 3.05) is 6.54 Å². The summed E-state index contributed by atoms with van der Waals surface area (Å²) in [5.41, 5.74) is 6.56. The Morgan fingerprint density at radius 2 is 1.74 bits per heavy atom. The maximum absolute atomic E-state index is 13.2. The summed E-state index contributed by atoms with van der Waals surface area (Å²) in [6, 6.07) is 17.3. The van der Waals surface area contributed by atoms with Gasteiger partial charge in [-0.2, -0.15) is 0 Å². The lowest BCUT2D eigenvalue weighted by Gasteiger charge is -2.34. The van der Waals surface area contributed by atoms with Gasteiger partial charge in [0.05, 0.1) is 13.1 Å². The largest absolute Gasteiger partial charge is 0.457 e. The van der Waals surface area contributed by atoms with Gasteiger partial charge in [-0.3, -0.25) is 19.8 Å². The Kier molecular flexibility index (Phi) is 7.41. The molecule has 38 heavy (non-hydrogen) atoms. The van der Waals surface area contributed by atoms with E-state index in [4.69, 9.17) is 15.9 Å². The maximum atomic E-state index is 13.2. The molecule has 9 nitrogen and oxygen atoms in total. The SMILES string of the molecule is N=C(N)c1csc(CNC(=O)[C@@H]2C3CCC(C3)N2C(=O)CNC(=O)c2ccc(Oc3ccccc3)cc2)c1. The number of amides is 3. The van der Waals surface area contributed by atoms with Gasteiger partial charge in [-0.15, -0.1) is 11.3 Å². The smallest absolute Gasteiger partial charge is 0.251 e. The Morgan fingerprint density at radius 1 is 1.00 bits per heavy atom. The summed E-state index contributed by atoms with van der Waals surface area (Å²) in [6.45, 7) is 0.133. The number of piperidine rings is 1. The number of rotatable bonds is 9. The molecule has 3 aromatic rings. The van der Waals surface area contributed by atoms with Gasteiger partial charge in [0.25, 0.3) is 5.91 Å². The predicted molar refractivity (Wildman–Crippen MR) is 144 cm³/mol. The van der Waals surface area contributed by atoms with Crippen LogP contribution in [0.2, 0.25) is 0 Å². The van der Waals surface area contributed by atoms with Gasteiger partial charge in [0, 0.05) is 27.4 Å². The fourth-order valence-corrected chi connectivity index (χ4v) is 6.05. The van der Waals surface area contributed by atoms with Crippen LogP contribution in [-0.4, -0.2) is 47.1 Å². The minimum atomic E-state index is -0.542. The summed E-state index contributed by atoms with van der Waals surface area (Å²) in [6.07, 6.45) is 2.57. The molecule has 2 aliphatic rings. The van der Waals surface area contributed by atoms with Crippen molar-refractivity contribution in [2.24, 2.45) is 11.7 Å². The topological polar surface area (TPSA) is 138 Å². The number of nitrogens with zero attached hydrogens (tertiary/aromatic N) is 1. The monoisotopic (exact) mass is 531 g/mol. The van der Waals surface area contributed by atoms with Crippen molar-refractivity contribution >= 4 is 34.9 Å². The number of hydrogen-bond acceptors (Lipinski definition) is 6. The van der Waals surface area contributed by atoms with Crippen LogP contribution >= 0.6 is 11.3 Å². The number of carbonyl (C=O) groups excluding carboxylic acids is 3. The molecule has 2 aromatic carbocycles. The fraction of sp³-hybridized carbons (Fsp3) is 0.286. The Hall–Kier alpha value is -4.18. The van der Waals surface area contributed by atoms with Crippen molar-refractivity contribution in [3.05, 3.63) is 82.0 Å². The molecule has 3 amide bonds. The van der Waals surface area contributed by atoms with Crippen LogP contribution in [0.15, 0.2) is 66.0 Å². The number of hydrogen-bond donors (Lipinski definition) is 4. The van der Waals surface area contributed by atoms with Crippen molar-refractivity contribution in [2.45, 2.75) is 37.9 Å². The minimum Gasteiger partial charge on any atom is -0.457 e. The molecule has 1 aliphatic heterocycles. The van der Waals surface area contributed by atoms with Crippen molar-refractivity contribution in [3.8, 4) is 11.5 Å². The molecule has 1 saturated heterocycles. The number of nitrogens with one attached hydrogen (secondary N) is 3. The van der Waals surface area contributed by atoms with Gasteiger partial charge in [-0.05, 0) is 67.6 Å². The molecule has 1 saturated carbocycles. The third kappa shape index (κ3) is 5.55. The molecule has 1 aromatic heterocycles. The highest BCUT2D eigenvalue weighted by Gasteiger charge is 2.51. The van der Waals surface area contributed by atoms with Gasteiger partial charge in [-0.25, -0.2) is 0 Å². The lowest BCUT2D eigenvalue weighted by molar-refractivity contribution is -0.142. The third-order valence-corrected chi connectivity index (χ3v) is 7.98. The molecular weight excluding hydrogens is 502 g/mol. The molecule has 3 atom stereocenters. The first-order valence-corrected chi connectivity index (χ1v) is 13.4. The van der Waals surface area contributed by atoms with Crippen molar-refractivity contribution in [3.63, 3.8) is 0 Å². The van der Waals surface area contributed by atoms with E-state index in [1.54, 1.807) is 40.6 Å². The second-order valence-electron chi connectivity index (χ2n) is 9.53. The van der Waals surface area contributed by atoms with Gasteiger partial charge in [0.2, 0.25) is 11.8 Å². The molecule has 2 heterocycles. The summed E-state index contributed by atoms with van der Waals surface area (Å²) in [5, 5.41) is 15.0. The van der Waals surface area contributed by atoms with E-state index in [-0.39, 0.29) is 42.1 Å². The first-order valence-electron chi connectivity index (χ1n) is 12.5. The van der Waals surface area contributed by atoms with E-state index in [9.17, 15) is 14.4 Å². The van der Waals surface area contributed by atoms with Crippen LogP contribution in [0, 0.1) is 11.3 Å². The molecule has 2 unspecified atom stereocenters. The van der Waals surface area contributed by atoms with Crippen LogP contribution < -0.4 is 21.1 Å². The number of benzene rings is 2. The van der Waals surface area contributed by atoms with E-state index in [1.165, 1.54) is 11.3 Å². The molecular formula is C28H29N5O4S. The Bertz CT molecular complexity index is 1340. The van der Waals surface area contributed by atoms with Gasteiger partial charge in [0.1, 0.15) is 23.4 Å². The van der Waals surface area contributed by atoms with Crippen LogP contribution in [0.1, 0.15) is 40.1 Å².